The minimum absolute atomic E-state index is 0.0370. The van der Waals surface area contributed by atoms with Crippen LogP contribution in [0.2, 0.25) is 0 Å². The molecule has 2 N–H and O–H groups in total. The molecule has 1 aromatic carbocycles. The van der Waals surface area contributed by atoms with Crippen molar-refractivity contribution in [3.05, 3.63) is 44.3 Å². The second-order valence-corrected chi connectivity index (χ2v) is 6.62. The van der Waals surface area contributed by atoms with E-state index in [1.807, 2.05) is 13.8 Å². The Morgan fingerprint density at radius 1 is 1.47 bits per heavy atom. The van der Waals surface area contributed by atoms with E-state index >= 15 is 0 Å². The Balaban J connectivity index is 2.15. The van der Waals surface area contributed by atoms with Crippen LogP contribution in [-0.4, -0.2) is 12.0 Å². The van der Waals surface area contributed by atoms with Gasteiger partial charge in [-0.2, -0.15) is 0 Å². The highest BCUT2D eigenvalue weighted by molar-refractivity contribution is 9.10. The molecular weight excluding hydrogens is 322 g/mol. The molecule has 0 spiro atoms. The van der Waals surface area contributed by atoms with Gasteiger partial charge in [0.25, 0.3) is 0 Å². The van der Waals surface area contributed by atoms with E-state index in [0.717, 1.165) is 33.0 Å². The SMILES string of the molecule is Cc1nc(CN(C)c2ccc(C(C)N)c(Br)c2)cs1. The highest BCUT2D eigenvalue weighted by Gasteiger charge is 2.09. The number of nitrogens with two attached hydrogens (primary N) is 1. The molecular formula is C14H18BrN3S. The number of rotatable bonds is 4. The summed E-state index contributed by atoms with van der Waals surface area (Å²) in [5.41, 5.74) is 9.30. The van der Waals surface area contributed by atoms with Crippen molar-refractivity contribution < 1.29 is 0 Å². The third-order valence-corrected chi connectivity index (χ3v) is 4.49. The molecule has 19 heavy (non-hydrogen) atoms. The summed E-state index contributed by atoms with van der Waals surface area (Å²) in [6.45, 7) is 4.83. The number of hydrogen-bond acceptors (Lipinski definition) is 4. The van der Waals surface area contributed by atoms with Crippen molar-refractivity contribution in [1.29, 1.82) is 0 Å². The Bertz CT molecular complexity index is 566. The number of thiazole rings is 1. The lowest BCUT2D eigenvalue weighted by molar-refractivity contribution is 0.811. The van der Waals surface area contributed by atoms with E-state index in [4.69, 9.17) is 5.73 Å². The first-order valence-electron chi connectivity index (χ1n) is 6.14. The van der Waals surface area contributed by atoms with E-state index in [1.54, 1.807) is 11.3 Å². The van der Waals surface area contributed by atoms with Gasteiger partial charge in [0.15, 0.2) is 0 Å². The predicted molar refractivity (Wildman–Crippen MR) is 85.7 cm³/mol. The molecule has 0 amide bonds. The molecule has 5 heteroatoms. The summed E-state index contributed by atoms with van der Waals surface area (Å²) in [6, 6.07) is 6.32. The molecule has 2 rings (SSSR count). The molecule has 0 radical (unpaired) electrons. The maximum absolute atomic E-state index is 5.91. The van der Waals surface area contributed by atoms with E-state index in [1.165, 1.54) is 0 Å². The van der Waals surface area contributed by atoms with E-state index < -0.39 is 0 Å². The first kappa shape index (κ1) is 14.5. The van der Waals surface area contributed by atoms with Crippen molar-refractivity contribution in [3.8, 4) is 0 Å². The van der Waals surface area contributed by atoms with Gasteiger partial charge in [-0.1, -0.05) is 22.0 Å². The van der Waals surface area contributed by atoms with Crippen LogP contribution in [0.15, 0.2) is 28.1 Å². The zero-order chi connectivity index (χ0) is 14.0. The zero-order valence-corrected chi connectivity index (χ0v) is 13.8. The maximum Gasteiger partial charge on any atom is 0.0898 e. The fraction of sp³-hybridized carbons (Fsp3) is 0.357. The first-order chi connectivity index (χ1) is 8.97. The van der Waals surface area contributed by atoms with Crippen LogP contribution in [0.4, 0.5) is 5.69 Å². The molecule has 2 aromatic rings. The number of anilines is 1. The standard InChI is InChI=1S/C14H18BrN3S/c1-9(16)13-5-4-12(6-14(13)15)18(3)7-11-8-19-10(2)17-11/h4-6,8-9H,7,16H2,1-3H3. The average Bonchev–Trinajstić information content (AvgIpc) is 2.74. The van der Waals surface area contributed by atoms with Gasteiger partial charge in [-0.3, -0.25) is 0 Å². The summed E-state index contributed by atoms with van der Waals surface area (Å²) in [7, 11) is 2.07. The minimum atomic E-state index is 0.0370. The summed E-state index contributed by atoms with van der Waals surface area (Å²) >= 11 is 5.27. The second-order valence-electron chi connectivity index (χ2n) is 4.71. The molecule has 0 aliphatic rings. The summed E-state index contributed by atoms with van der Waals surface area (Å²) in [6.07, 6.45) is 0. The Hall–Kier alpha value is -0.910. The van der Waals surface area contributed by atoms with Gasteiger partial charge in [-0.15, -0.1) is 11.3 Å². The second kappa shape index (κ2) is 6.03. The number of benzene rings is 1. The van der Waals surface area contributed by atoms with Gasteiger partial charge in [-0.05, 0) is 31.5 Å². The van der Waals surface area contributed by atoms with Crippen molar-refractivity contribution in [2.75, 3.05) is 11.9 Å². The van der Waals surface area contributed by atoms with Crippen LogP contribution in [-0.2, 0) is 6.54 Å². The van der Waals surface area contributed by atoms with Crippen LogP contribution in [0.25, 0.3) is 0 Å². The van der Waals surface area contributed by atoms with Gasteiger partial charge >= 0.3 is 0 Å². The molecule has 1 atom stereocenters. The topological polar surface area (TPSA) is 42.2 Å². The normalized spacial score (nSPS) is 12.5. The largest absolute Gasteiger partial charge is 0.369 e. The number of aryl methyl sites for hydroxylation is 1. The Kier molecular flexibility index (Phi) is 4.60. The van der Waals surface area contributed by atoms with Gasteiger partial charge in [0.1, 0.15) is 0 Å². The first-order valence-corrected chi connectivity index (χ1v) is 7.82. The average molecular weight is 340 g/mol. The summed E-state index contributed by atoms with van der Waals surface area (Å²) < 4.78 is 1.06. The third-order valence-electron chi connectivity index (χ3n) is 2.98. The molecule has 1 aromatic heterocycles. The molecule has 0 saturated carbocycles. The molecule has 102 valence electrons. The molecule has 0 aliphatic heterocycles. The quantitative estimate of drug-likeness (QED) is 0.919. The smallest absolute Gasteiger partial charge is 0.0898 e. The van der Waals surface area contributed by atoms with Crippen molar-refractivity contribution in [3.63, 3.8) is 0 Å². The van der Waals surface area contributed by atoms with Gasteiger partial charge in [0.2, 0.25) is 0 Å². The summed E-state index contributed by atoms with van der Waals surface area (Å²) in [4.78, 5) is 6.67. The minimum Gasteiger partial charge on any atom is -0.369 e. The van der Waals surface area contributed by atoms with Crippen LogP contribution >= 0.6 is 27.3 Å². The van der Waals surface area contributed by atoms with Crippen LogP contribution in [0.1, 0.15) is 29.2 Å². The van der Waals surface area contributed by atoms with Gasteiger partial charge < -0.3 is 10.6 Å². The Morgan fingerprint density at radius 2 is 2.21 bits per heavy atom. The molecule has 0 saturated heterocycles. The van der Waals surface area contributed by atoms with E-state index in [9.17, 15) is 0 Å². The molecule has 0 fully saturated rings. The van der Waals surface area contributed by atoms with Gasteiger partial charge in [0, 0.05) is 28.6 Å². The number of hydrogen-bond donors (Lipinski definition) is 1. The molecule has 0 aliphatic carbocycles. The van der Waals surface area contributed by atoms with Crippen LogP contribution in [0.5, 0.6) is 0 Å². The molecule has 1 heterocycles. The lowest BCUT2D eigenvalue weighted by atomic mass is 10.1. The molecule has 3 nitrogen and oxygen atoms in total. The lowest BCUT2D eigenvalue weighted by Gasteiger charge is -2.20. The Morgan fingerprint density at radius 3 is 2.74 bits per heavy atom. The fourth-order valence-electron chi connectivity index (χ4n) is 1.94. The highest BCUT2D eigenvalue weighted by atomic mass is 79.9. The van der Waals surface area contributed by atoms with E-state index in [2.05, 4.69) is 56.4 Å². The number of halogens is 1. The van der Waals surface area contributed by atoms with Crippen molar-refractivity contribution >= 4 is 33.0 Å². The van der Waals surface area contributed by atoms with Gasteiger partial charge in [-0.25, -0.2) is 4.98 Å². The van der Waals surface area contributed by atoms with Crippen molar-refractivity contribution in [1.82, 2.24) is 4.98 Å². The van der Waals surface area contributed by atoms with Gasteiger partial charge in [0.05, 0.1) is 17.2 Å². The summed E-state index contributed by atoms with van der Waals surface area (Å²) in [5, 5.41) is 3.22. The van der Waals surface area contributed by atoms with Crippen molar-refractivity contribution in [2.24, 2.45) is 5.73 Å². The monoisotopic (exact) mass is 339 g/mol. The zero-order valence-electron chi connectivity index (χ0n) is 11.4. The van der Waals surface area contributed by atoms with Crippen LogP contribution in [0.3, 0.4) is 0 Å². The van der Waals surface area contributed by atoms with Crippen LogP contribution < -0.4 is 10.6 Å². The summed E-state index contributed by atoms with van der Waals surface area (Å²) in [5.74, 6) is 0. The molecule has 1 unspecified atom stereocenters. The van der Waals surface area contributed by atoms with Crippen LogP contribution in [0, 0.1) is 6.92 Å². The molecule has 0 bridgehead atoms. The van der Waals surface area contributed by atoms with E-state index in [0.29, 0.717) is 0 Å². The predicted octanol–water partition coefficient (Wildman–Crippen LogP) is 3.87. The van der Waals surface area contributed by atoms with Crippen molar-refractivity contribution in [2.45, 2.75) is 26.4 Å². The maximum atomic E-state index is 5.91. The van der Waals surface area contributed by atoms with E-state index in [-0.39, 0.29) is 6.04 Å². The third kappa shape index (κ3) is 3.55. The Labute approximate surface area is 126 Å². The highest BCUT2D eigenvalue weighted by Crippen LogP contribution is 2.27. The number of nitrogens with zero attached hydrogens (tertiary/aromatic N) is 2. The fourth-order valence-corrected chi connectivity index (χ4v) is 3.27. The number of aromatic nitrogens is 1. The lowest BCUT2D eigenvalue weighted by Crippen LogP contribution is -2.17.